The minimum atomic E-state index is -0.193. The van der Waals surface area contributed by atoms with Crippen molar-refractivity contribution < 1.29 is 9.13 Å². The third-order valence-electron chi connectivity index (χ3n) is 3.86. The molecule has 1 spiro atoms. The van der Waals surface area contributed by atoms with Gasteiger partial charge in [-0.2, -0.15) is 0 Å². The van der Waals surface area contributed by atoms with E-state index in [1.54, 1.807) is 0 Å². The normalized spacial score (nSPS) is 22.6. The Morgan fingerprint density at radius 1 is 1.24 bits per heavy atom. The molecule has 0 radical (unpaired) electrons. The lowest BCUT2D eigenvalue weighted by Gasteiger charge is -2.53. The lowest BCUT2D eigenvalue weighted by Crippen LogP contribution is -2.58. The first-order chi connectivity index (χ1) is 8.19. The van der Waals surface area contributed by atoms with Crippen LogP contribution in [0.5, 0.6) is 0 Å². The highest BCUT2D eigenvalue weighted by atomic mass is 79.9. The fourth-order valence-corrected chi connectivity index (χ4v) is 3.39. The summed E-state index contributed by atoms with van der Waals surface area (Å²) in [4.78, 5) is 2.31. The van der Waals surface area contributed by atoms with Crippen LogP contribution >= 0.6 is 15.9 Å². The molecule has 2 fully saturated rings. The summed E-state index contributed by atoms with van der Waals surface area (Å²) in [6.07, 6.45) is 2.31. The molecule has 1 aromatic rings. The van der Waals surface area contributed by atoms with Gasteiger partial charge in [-0.15, -0.1) is 0 Å². The van der Waals surface area contributed by atoms with Crippen LogP contribution in [0.3, 0.4) is 0 Å². The van der Waals surface area contributed by atoms with Gasteiger partial charge in [0, 0.05) is 36.2 Å². The van der Waals surface area contributed by atoms with Crippen LogP contribution in [0.4, 0.5) is 10.1 Å². The van der Waals surface area contributed by atoms with E-state index in [1.165, 1.54) is 12.1 Å². The quantitative estimate of drug-likeness (QED) is 0.789. The van der Waals surface area contributed by atoms with Crippen LogP contribution in [0, 0.1) is 11.2 Å². The molecule has 0 amide bonds. The van der Waals surface area contributed by atoms with E-state index in [-0.39, 0.29) is 5.82 Å². The molecular formula is C13H15BrFNO. The minimum absolute atomic E-state index is 0.193. The Labute approximate surface area is 109 Å². The van der Waals surface area contributed by atoms with Gasteiger partial charge in [-0.25, -0.2) is 4.39 Å². The Morgan fingerprint density at radius 3 is 2.59 bits per heavy atom. The Kier molecular flexibility index (Phi) is 2.87. The minimum Gasteiger partial charge on any atom is -0.381 e. The maximum Gasteiger partial charge on any atom is 0.124 e. The number of anilines is 1. The maximum absolute atomic E-state index is 13.0. The number of hydrogen-bond donors (Lipinski definition) is 0. The largest absolute Gasteiger partial charge is 0.381 e. The van der Waals surface area contributed by atoms with Gasteiger partial charge in [0.25, 0.3) is 0 Å². The molecule has 92 valence electrons. The van der Waals surface area contributed by atoms with Gasteiger partial charge in [0.1, 0.15) is 5.82 Å². The first-order valence-corrected chi connectivity index (χ1v) is 6.76. The predicted octanol–water partition coefficient (Wildman–Crippen LogP) is 3.21. The predicted molar refractivity (Wildman–Crippen MR) is 68.8 cm³/mol. The highest BCUT2D eigenvalue weighted by Crippen LogP contribution is 2.43. The summed E-state index contributed by atoms with van der Waals surface area (Å²) in [6.45, 7) is 3.91. The van der Waals surface area contributed by atoms with E-state index in [2.05, 4.69) is 20.8 Å². The topological polar surface area (TPSA) is 12.5 Å². The molecule has 3 rings (SSSR count). The first-order valence-electron chi connectivity index (χ1n) is 5.96. The summed E-state index contributed by atoms with van der Waals surface area (Å²) in [5, 5.41) is 0. The second-order valence-electron chi connectivity index (χ2n) is 5.06. The van der Waals surface area contributed by atoms with Crippen molar-refractivity contribution in [2.75, 3.05) is 31.2 Å². The summed E-state index contributed by atoms with van der Waals surface area (Å²) in [5.74, 6) is -0.193. The zero-order valence-corrected chi connectivity index (χ0v) is 11.2. The smallest absolute Gasteiger partial charge is 0.124 e. The molecule has 4 heteroatoms. The van der Waals surface area contributed by atoms with Gasteiger partial charge in [0.05, 0.1) is 5.69 Å². The SMILES string of the molecule is Fc1ccc(N2CC3(CCOCC3)C2)c(Br)c1. The average molecular weight is 300 g/mol. The van der Waals surface area contributed by atoms with Crippen molar-refractivity contribution in [3.05, 3.63) is 28.5 Å². The number of halogens is 2. The highest BCUT2D eigenvalue weighted by molar-refractivity contribution is 9.10. The third-order valence-corrected chi connectivity index (χ3v) is 4.49. The van der Waals surface area contributed by atoms with E-state index in [0.717, 1.165) is 49.3 Å². The lowest BCUT2D eigenvalue weighted by molar-refractivity contribution is -0.000235. The van der Waals surface area contributed by atoms with E-state index in [4.69, 9.17) is 4.74 Å². The zero-order valence-electron chi connectivity index (χ0n) is 9.59. The van der Waals surface area contributed by atoms with E-state index in [0.29, 0.717) is 5.41 Å². The summed E-state index contributed by atoms with van der Waals surface area (Å²) >= 11 is 3.43. The van der Waals surface area contributed by atoms with Gasteiger partial charge in [-0.05, 0) is 47.0 Å². The molecule has 2 nitrogen and oxygen atoms in total. The summed E-state index contributed by atoms with van der Waals surface area (Å²) in [7, 11) is 0. The van der Waals surface area contributed by atoms with E-state index in [1.807, 2.05) is 6.07 Å². The molecule has 0 aliphatic carbocycles. The van der Waals surface area contributed by atoms with Crippen molar-refractivity contribution in [1.82, 2.24) is 0 Å². The van der Waals surface area contributed by atoms with Crippen molar-refractivity contribution in [2.24, 2.45) is 5.41 Å². The van der Waals surface area contributed by atoms with E-state index >= 15 is 0 Å². The highest BCUT2D eigenvalue weighted by Gasteiger charge is 2.44. The number of nitrogens with zero attached hydrogens (tertiary/aromatic N) is 1. The van der Waals surface area contributed by atoms with Gasteiger partial charge >= 0.3 is 0 Å². The standard InChI is InChI=1S/C13H15BrFNO/c14-11-7-10(15)1-2-12(11)16-8-13(9-16)3-5-17-6-4-13/h1-2,7H,3-6,8-9H2. The molecule has 0 bridgehead atoms. The Hall–Kier alpha value is -0.610. The molecule has 0 unspecified atom stereocenters. The number of ether oxygens (including phenoxy) is 1. The van der Waals surface area contributed by atoms with Crippen LogP contribution in [0.25, 0.3) is 0 Å². The van der Waals surface area contributed by atoms with Gasteiger partial charge in [-0.1, -0.05) is 0 Å². The molecule has 0 aromatic heterocycles. The van der Waals surface area contributed by atoms with Crippen molar-refractivity contribution in [3.8, 4) is 0 Å². The van der Waals surface area contributed by atoms with E-state index in [9.17, 15) is 4.39 Å². The molecule has 2 saturated heterocycles. The van der Waals surface area contributed by atoms with Crippen molar-refractivity contribution in [2.45, 2.75) is 12.8 Å². The molecule has 2 aliphatic rings. The van der Waals surface area contributed by atoms with Crippen LogP contribution in [0.2, 0.25) is 0 Å². The second-order valence-corrected chi connectivity index (χ2v) is 5.92. The Morgan fingerprint density at radius 2 is 1.94 bits per heavy atom. The number of benzene rings is 1. The van der Waals surface area contributed by atoms with Gasteiger partial charge in [0.2, 0.25) is 0 Å². The number of hydrogen-bond acceptors (Lipinski definition) is 2. The van der Waals surface area contributed by atoms with Crippen molar-refractivity contribution >= 4 is 21.6 Å². The van der Waals surface area contributed by atoms with Crippen molar-refractivity contribution in [1.29, 1.82) is 0 Å². The maximum atomic E-state index is 13.0. The molecule has 1 aromatic carbocycles. The molecular weight excluding hydrogens is 285 g/mol. The number of rotatable bonds is 1. The van der Waals surface area contributed by atoms with Crippen LogP contribution < -0.4 is 4.90 Å². The third kappa shape index (κ3) is 2.08. The van der Waals surface area contributed by atoms with Crippen LogP contribution in [-0.2, 0) is 4.74 Å². The lowest BCUT2D eigenvalue weighted by atomic mass is 9.73. The monoisotopic (exact) mass is 299 g/mol. The van der Waals surface area contributed by atoms with Crippen molar-refractivity contribution in [3.63, 3.8) is 0 Å². The molecule has 17 heavy (non-hydrogen) atoms. The van der Waals surface area contributed by atoms with Gasteiger partial charge < -0.3 is 9.64 Å². The first kappa shape index (κ1) is 11.5. The van der Waals surface area contributed by atoms with Gasteiger partial charge in [-0.3, -0.25) is 0 Å². The fraction of sp³-hybridized carbons (Fsp3) is 0.538. The van der Waals surface area contributed by atoms with Crippen LogP contribution in [0.15, 0.2) is 22.7 Å². The zero-order chi connectivity index (χ0) is 11.9. The average Bonchev–Trinajstić information content (AvgIpc) is 2.27. The molecule has 2 heterocycles. The fourth-order valence-electron chi connectivity index (χ4n) is 2.79. The summed E-state index contributed by atoms with van der Waals surface area (Å²) in [5.41, 5.74) is 1.55. The van der Waals surface area contributed by atoms with Crippen LogP contribution in [-0.4, -0.2) is 26.3 Å². The molecule has 0 N–H and O–H groups in total. The molecule has 0 saturated carbocycles. The Balaban J connectivity index is 1.72. The van der Waals surface area contributed by atoms with Gasteiger partial charge in [0.15, 0.2) is 0 Å². The Bertz CT molecular complexity index is 423. The molecule has 0 atom stereocenters. The molecule has 2 aliphatic heterocycles. The summed E-state index contributed by atoms with van der Waals surface area (Å²) < 4.78 is 19.3. The second kappa shape index (κ2) is 4.25. The van der Waals surface area contributed by atoms with Crippen LogP contribution in [0.1, 0.15) is 12.8 Å². The van der Waals surface area contributed by atoms with E-state index < -0.39 is 0 Å². The summed E-state index contributed by atoms with van der Waals surface area (Å²) in [6, 6.07) is 4.91.